The van der Waals surface area contributed by atoms with Gasteiger partial charge in [0, 0.05) is 31.1 Å². The van der Waals surface area contributed by atoms with Gasteiger partial charge in [-0.2, -0.15) is 0 Å². The Morgan fingerprint density at radius 1 is 1.20 bits per heavy atom. The van der Waals surface area contributed by atoms with E-state index in [9.17, 15) is 14.7 Å². The monoisotopic (exact) mass is 362 g/mol. The summed E-state index contributed by atoms with van der Waals surface area (Å²) in [6.07, 6.45) is 7.22. The van der Waals surface area contributed by atoms with Crippen molar-refractivity contribution in [1.82, 2.24) is 9.80 Å². The van der Waals surface area contributed by atoms with Crippen LogP contribution in [0.4, 0.5) is 0 Å². The molecule has 25 heavy (non-hydrogen) atoms. The molecule has 0 radical (unpaired) electrons. The summed E-state index contributed by atoms with van der Waals surface area (Å²) in [5.74, 6) is 0.233. The molecule has 2 fully saturated rings. The third kappa shape index (κ3) is 2.99. The van der Waals surface area contributed by atoms with Gasteiger partial charge in [0.15, 0.2) is 0 Å². The predicted molar refractivity (Wildman–Crippen MR) is 96.8 cm³/mol. The number of hydrogen-bond acceptors (Lipinski definition) is 4. The van der Waals surface area contributed by atoms with Gasteiger partial charge in [0.1, 0.15) is 0 Å². The zero-order valence-corrected chi connectivity index (χ0v) is 15.4. The number of β-amino-alcohol motifs (C(OH)–C–C–N with tert-alkyl or cyclic N) is 1. The van der Waals surface area contributed by atoms with Gasteiger partial charge in [-0.25, -0.2) is 0 Å². The van der Waals surface area contributed by atoms with Crippen LogP contribution in [0.25, 0.3) is 0 Å². The Bertz CT molecular complexity index is 661. The number of thiophene rings is 1. The Hall–Kier alpha value is -1.40. The standard InChI is InChI=1S/C19H26N2O3S/c22-11-10-20-8-3-6-19(18(20)24)7-9-21(13-19)17(23)16-12-14-4-1-2-5-15(14)25-16/h12,22H,1-11,13H2. The molecule has 1 aliphatic carbocycles. The Balaban J connectivity index is 1.49. The van der Waals surface area contributed by atoms with Gasteiger partial charge >= 0.3 is 0 Å². The second-order valence-electron chi connectivity index (χ2n) is 7.64. The van der Waals surface area contributed by atoms with Crippen molar-refractivity contribution in [3.63, 3.8) is 0 Å². The zero-order chi connectivity index (χ0) is 17.4. The van der Waals surface area contributed by atoms with E-state index < -0.39 is 5.41 Å². The van der Waals surface area contributed by atoms with Crippen molar-refractivity contribution in [2.45, 2.75) is 44.9 Å². The molecule has 3 heterocycles. The van der Waals surface area contributed by atoms with Gasteiger partial charge in [-0.15, -0.1) is 11.3 Å². The van der Waals surface area contributed by atoms with Gasteiger partial charge < -0.3 is 14.9 Å². The molecule has 0 bridgehead atoms. The lowest BCUT2D eigenvalue weighted by atomic mass is 9.78. The first-order valence-corrected chi connectivity index (χ1v) is 10.3. The minimum absolute atomic E-state index is 0.00517. The highest BCUT2D eigenvalue weighted by Gasteiger charge is 2.49. The largest absolute Gasteiger partial charge is 0.395 e. The molecule has 1 N–H and O–H groups in total. The Morgan fingerprint density at radius 3 is 2.84 bits per heavy atom. The molecule has 6 heteroatoms. The molecule has 5 nitrogen and oxygen atoms in total. The highest BCUT2D eigenvalue weighted by molar-refractivity contribution is 7.14. The van der Waals surface area contributed by atoms with Crippen LogP contribution in [0.5, 0.6) is 0 Å². The van der Waals surface area contributed by atoms with Gasteiger partial charge in [-0.1, -0.05) is 0 Å². The quantitative estimate of drug-likeness (QED) is 0.895. The summed E-state index contributed by atoms with van der Waals surface area (Å²) in [6.45, 7) is 2.35. The van der Waals surface area contributed by atoms with Gasteiger partial charge in [0.05, 0.1) is 16.9 Å². The van der Waals surface area contributed by atoms with Gasteiger partial charge in [0.2, 0.25) is 5.91 Å². The number of amides is 2. The first kappa shape index (κ1) is 17.0. The number of hydrogen-bond donors (Lipinski definition) is 1. The number of fused-ring (bicyclic) bond motifs is 1. The minimum atomic E-state index is -0.417. The van der Waals surface area contributed by atoms with Crippen molar-refractivity contribution in [1.29, 1.82) is 0 Å². The predicted octanol–water partition coefficient (Wildman–Crippen LogP) is 2.07. The Morgan fingerprint density at radius 2 is 2.04 bits per heavy atom. The molecule has 1 spiro atoms. The number of piperidine rings is 1. The van der Waals surface area contributed by atoms with E-state index in [1.807, 2.05) is 4.90 Å². The number of aryl methyl sites for hydroxylation is 2. The lowest BCUT2D eigenvalue weighted by molar-refractivity contribution is -0.146. The smallest absolute Gasteiger partial charge is 0.263 e. The van der Waals surface area contributed by atoms with Gasteiger partial charge in [-0.05, 0) is 56.6 Å². The normalized spacial score (nSPS) is 26.4. The van der Waals surface area contributed by atoms with Gasteiger partial charge in [0.25, 0.3) is 5.91 Å². The summed E-state index contributed by atoms with van der Waals surface area (Å²) < 4.78 is 0. The average molecular weight is 362 g/mol. The summed E-state index contributed by atoms with van der Waals surface area (Å²) in [4.78, 5) is 31.8. The molecule has 1 aromatic heterocycles. The SMILES string of the molecule is O=C(c1cc2c(s1)CCCC2)N1CCC2(CCCN(CCO)C2=O)C1. The topological polar surface area (TPSA) is 60.9 Å². The molecule has 1 atom stereocenters. The van der Waals surface area contributed by atoms with Crippen LogP contribution in [0, 0.1) is 5.41 Å². The second-order valence-corrected chi connectivity index (χ2v) is 8.78. The van der Waals surface area contributed by atoms with Crippen LogP contribution in [0.1, 0.15) is 52.2 Å². The van der Waals surface area contributed by atoms with E-state index in [0.717, 1.165) is 43.5 Å². The minimum Gasteiger partial charge on any atom is -0.395 e. The van der Waals surface area contributed by atoms with Crippen molar-refractivity contribution < 1.29 is 14.7 Å². The maximum Gasteiger partial charge on any atom is 0.263 e. The number of aliphatic hydroxyl groups is 1. The summed E-state index contributed by atoms with van der Waals surface area (Å²) >= 11 is 1.66. The molecular formula is C19H26N2O3S. The fourth-order valence-electron chi connectivity index (χ4n) is 4.66. The van der Waals surface area contributed by atoms with Crippen LogP contribution in [0.2, 0.25) is 0 Å². The number of aliphatic hydroxyl groups excluding tert-OH is 1. The Labute approximate surface area is 152 Å². The number of carbonyl (C=O) groups is 2. The Kier molecular flexibility index (Phi) is 4.58. The molecule has 1 unspecified atom stereocenters. The van der Waals surface area contributed by atoms with E-state index in [2.05, 4.69) is 6.07 Å². The number of carbonyl (C=O) groups excluding carboxylic acids is 2. The maximum atomic E-state index is 13.0. The average Bonchev–Trinajstić information content (AvgIpc) is 3.24. The number of nitrogens with zero attached hydrogens (tertiary/aromatic N) is 2. The van der Waals surface area contributed by atoms with E-state index in [1.54, 1.807) is 16.2 Å². The van der Waals surface area contributed by atoms with Crippen molar-refractivity contribution >= 4 is 23.2 Å². The van der Waals surface area contributed by atoms with Crippen LogP contribution in [-0.2, 0) is 17.6 Å². The van der Waals surface area contributed by atoms with Crippen LogP contribution in [0.15, 0.2) is 6.07 Å². The molecule has 0 aromatic carbocycles. The van der Waals surface area contributed by atoms with Crippen molar-refractivity contribution in [2.75, 3.05) is 32.8 Å². The van der Waals surface area contributed by atoms with Crippen molar-refractivity contribution in [3.05, 3.63) is 21.4 Å². The van der Waals surface area contributed by atoms with Crippen LogP contribution < -0.4 is 0 Å². The lowest BCUT2D eigenvalue weighted by Crippen LogP contribution is -2.51. The molecule has 0 saturated carbocycles. The maximum absolute atomic E-state index is 13.0. The van der Waals surface area contributed by atoms with Crippen molar-refractivity contribution in [2.24, 2.45) is 5.41 Å². The van der Waals surface area contributed by atoms with Crippen LogP contribution >= 0.6 is 11.3 Å². The second kappa shape index (κ2) is 6.72. The van der Waals surface area contributed by atoms with E-state index in [4.69, 9.17) is 0 Å². The summed E-state index contributed by atoms with van der Waals surface area (Å²) in [7, 11) is 0. The summed E-state index contributed by atoms with van der Waals surface area (Å²) in [6, 6.07) is 2.09. The van der Waals surface area contributed by atoms with E-state index in [1.165, 1.54) is 23.3 Å². The molecule has 2 saturated heterocycles. The third-order valence-electron chi connectivity index (χ3n) is 6.04. The molecule has 2 aliphatic heterocycles. The van der Waals surface area contributed by atoms with Crippen LogP contribution in [-0.4, -0.2) is 59.5 Å². The number of likely N-dealkylation sites (tertiary alicyclic amines) is 2. The molecule has 2 amide bonds. The fourth-order valence-corrected chi connectivity index (χ4v) is 5.88. The summed E-state index contributed by atoms with van der Waals surface area (Å²) in [5, 5.41) is 9.18. The van der Waals surface area contributed by atoms with E-state index in [-0.39, 0.29) is 18.4 Å². The molecule has 4 rings (SSSR count). The zero-order valence-electron chi connectivity index (χ0n) is 14.6. The molecular weight excluding hydrogens is 336 g/mol. The van der Waals surface area contributed by atoms with Gasteiger partial charge in [-0.3, -0.25) is 9.59 Å². The number of rotatable bonds is 3. The summed E-state index contributed by atoms with van der Waals surface area (Å²) in [5.41, 5.74) is 0.941. The first-order valence-electron chi connectivity index (χ1n) is 9.44. The highest BCUT2D eigenvalue weighted by Crippen LogP contribution is 2.41. The lowest BCUT2D eigenvalue weighted by Gasteiger charge is -2.39. The molecule has 136 valence electrons. The van der Waals surface area contributed by atoms with E-state index >= 15 is 0 Å². The van der Waals surface area contributed by atoms with Crippen LogP contribution in [0.3, 0.4) is 0 Å². The van der Waals surface area contributed by atoms with E-state index in [0.29, 0.717) is 19.6 Å². The third-order valence-corrected chi connectivity index (χ3v) is 7.27. The molecule has 3 aliphatic rings. The van der Waals surface area contributed by atoms with Crippen molar-refractivity contribution in [3.8, 4) is 0 Å². The fraction of sp³-hybridized carbons (Fsp3) is 0.684. The highest BCUT2D eigenvalue weighted by atomic mass is 32.1. The first-order chi connectivity index (χ1) is 12.1. The molecule has 1 aromatic rings.